The number of hydrogen-bond donors (Lipinski definition) is 1. The van der Waals surface area contributed by atoms with Gasteiger partial charge in [0.05, 0.1) is 28.6 Å². The van der Waals surface area contributed by atoms with Gasteiger partial charge in [-0.25, -0.2) is 8.78 Å². The van der Waals surface area contributed by atoms with Gasteiger partial charge in [-0.15, -0.1) is 11.3 Å². The van der Waals surface area contributed by atoms with E-state index in [2.05, 4.69) is 11.4 Å². The molecule has 0 aliphatic heterocycles. The van der Waals surface area contributed by atoms with Crippen molar-refractivity contribution >= 4 is 34.7 Å². The van der Waals surface area contributed by atoms with Gasteiger partial charge in [0, 0.05) is 36.2 Å². The summed E-state index contributed by atoms with van der Waals surface area (Å²) in [6.07, 6.45) is 3.04. The second kappa shape index (κ2) is 12.1. The molecule has 1 N–H and O–H groups in total. The number of benzene rings is 2. The van der Waals surface area contributed by atoms with Gasteiger partial charge < -0.3 is 15.0 Å². The third-order valence-electron chi connectivity index (χ3n) is 7.87. The minimum Gasteiger partial charge on any atom is -0.496 e. The molecule has 2 aliphatic carbocycles. The molecule has 208 valence electrons. The van der Waals surface area contributed by atoms with Crippen molar-refractivity contribution in [2.75, 3.05) is 14.2 Å². The maximum atomic E-state index is 14.8. The number of hydrogen-bond acceptors (Lipinski definition) is 5. The van der Waals surface area contributed by atoms with Crippen molar-refractivity contribution in [3.8, 4) is 22.9 Å². The van der Waals surface area contributed by atoms with Gasteiger partial charge in [0.1, 0.15) is 22.6 Å². The third kappa shape index (κ3) is 5.51. The lowest BCUT2D eigenvalue weighted by Gasteiger charge is -2.37. The number of amides is 1. The van der Waals surface area contributed by atoms with Gasteiger partial charge in [-0.2, -0.15) is 5.26 Å². The van der Waals surface area contributed by atoms with Crippen LogP contribution >= 0.6 is 22.9 Å². The van der Waals surface area contributed by atoms with E-state index in [9.17, 15) is 18.8 Å². The van der Waals surface area contributed by atoms with Crippen LogP contribution in [0, 0.1) is 11.3 Å². The first-order chi connectivity index (χ1) is 19.3. The van der Waals surface area contributed by atoms with Crippen molar-refractivity contribution in [3.63, 3.8) is 0 Å². The fraction of sp³-hybridized carbons (Fsp3) is 0.355. The summed E-state index contributed by atoms with van der Waals surface area (Å²) in [6.45, 7) is 0.235. The van der Waals surface area contributed by atoms with E-state index in [-0.39, 0.29) is 45.3 Å². The Labute approximate surface area is 242 Å². The summed E-state index contributed by atoms with van der Waals surface area (Å²) in [4.78, 5) is 16.2. The zero-order chi connectivity index (χ0) is 28.4. The van der Waals surface area contributed by atoms with E-state index in [1.54, 1.807) is 18.1 Å². The van der Waals surface area contributed by atoms with Gasteiger partial charge in [-0.1, -0.05) is 29.8 Å². The van der Waals surface area contributed by atoms with Gasteiger partial charge in [0.25, 0.3) is 5.91 Å². The van der Waals surface area contributed by atoms with Crippen LogP contribution in [-0.2, 0) is 6.54 Å². The molecule has 1 unspecified atom stereocenters. The zero-order valence-electron chi connectivity index (χ0n) is 22.3. The number of carbonyl (C=O) groups is 1. The molecule has 3 aromatic rings. The zero-order valence-corrected chi connectivity index (χ0v) is 23.9. The van der Waals surface area contributed by atoms with Crippen LogP contribution in [-0.4, -0.2) is 37.0 Å². The second-order valence-corrected chi connectivity index (χ2v) is 11.6. The number of rotatable bonds is 7. The topological polar surface area (TPSA) is 65.4 Å². The maximum Gasteiger partial charge on any atom is 0.266 e. The van der Waals surface area contributed by atoms with Gasteiger partial charge in [0.15, 0.2) is 0 Å². The molecule has 5 nitrogen and oxygen atoms in total. The molecule has 5 rings (SSSR count). The van der Waals surface area contributed by atoms with E-state index >= 15 is 0 Å². The summed E-state index contributed by atoms with van der Waals surface area (Å²) in [7, 11) is 3.52. The van der Waals surface area contributed by atoms with E-state index in [4.69, 9.17) is 16.3 Å². The fourth-order valence-electron chi connectivity index (χ4n) is 5.64. The van der Waals surface area contributed by atoms with Crippen molar-refractivity contribution in [2.24, 2.45) is 0 Å². The van der Waals surface area contributed by atoms with Gasteiger partial charge in [-0.05, 0) is 74.2 Å². The maximum absolute atomic E-state index is 14.8. The Kier molecular flexibility index (Phi) is 8.55. The molecule has 1 aromatic heterocycles. The number of alkyl halides is 1. The Hall–Kier alpha value is -3.25. The lowest BCUT2D eigenvalue weighted by atomic mass is 9.89. The Balaban J connectivity index is 1.54. The Morgan fingerprint density at radius 3 is 2.62 bits per heavy atom. The number of fused-ring (bicyclic) bond motifs is 1. The predicted octanol–water partition coefficient (Wildman–Crippen LogP) is 7.85. The highest BCUT2D eigenvalue weighted by Crippen LogP contribution is 2.47. The minimum absolute atomic E-state index is 0.00342. The number of allylic oxidation sites excluding steroid dienone is 1. The van der Waals surface area contributed by atoms with E-state index in [0.717, 1.165) is 53.7 Å². The second-order valence-electron chi connectivity index (χ2n) is 10.2. The highest BCUT2D eigenvalue weighted by atomic mass is 35.5. The molecule has 1 fully saturated rings. The quantitative estimate of drug-likeness (QED) is 0.309. The van der Waals surface area contributed by atoms with Crippen LogP contribution in [0.2, 0.25) is 5.02 Å². The molecule has 1 heterocycles. The van der Waals surface area contributed by atoms with Crippen LogP contribution in [0.25, 0.3) is 17.0 Å². The Morgan fingerprint density at radius 2 is 1.95 bits per heavy atom. The standard InChI is InChI=1S/C31H30ClF2N3O2S/c1-36-22-7-9-23(10-8-22)37(31(38)30-28(32)27-24(33)11-12-25(34)29(27)40-30)17-21-15-20(6-13-26(21)39-2)19-5-3-4-18(14-19)16-35/h3-6,12-15,22-24,36H,7-11,17H2,1-2H3/t22-,23-,24?. The summed E-state index contributed by atoms with van der Waals surface area (Å²) >= 11 is 7.51. The highest BCUT2D eigenvalue weighted by molar-refractivity contribution is 7.16. The molecular formula is C31H30ClF2N3O2S. The fourth-order valence-corrected chi connectivity index (χ4v) is 7.24. The smallest absolute Gasteiger partial charge is 0.266 e. The molecule has 40 heavy (non-hydrogen) atoms. The van der Waals surface area contributed by atoms with Crippen molar-refractivity contribution in [3.05, 3.63) is 80.0 Å². The molecule has 0 radical (unpaired) electrons. The molecule has 0 bridgehead atoms. The average Bonchev–Trinajstić information content (AvgIpc) is 3.35. The number of nitrogens with zero attached hydrogens (tertiary/aromatic N) is 2. The van der Waals surface area contributed by atoms with E-state index in [1.165, 1.54) is 6.08 Å². The monoisotopic (exact) mass is 581 g/mol. The minimum atomic E-state index is -1.44. The number of nitrogens with one attached hydrogen (secondary N) is 1. The van der Waals surface area contributed by atoms with E-state index < -0.39 is 12.0 Å². The van der Waals surface area contributed by atoms with Crippen LogP contribution in [0.1, 0.15) is 69.5 Å². The number of ether oxygens (including phenoxy) is 1. The number of thiophene rings is 1. The summed E-state index contributed by atoms with van der Waals surface area (Å²) in [6, 6.07) is 15.5. The van der Waals surface area contributed by atoms with Gasteiger partial charge >= 0.3 is 0 Å². The lowest BCUT2D eigenvalue weighted by molar-refractivity contribution is 0.0604. The van der Waals surface area contributed by atoms with Crippen LogP contribution < -0.4 is 10.1 Å². The van der Waals surface area contributed by atoms with Crippen molar-refractivity contribution in [2.45, 2.75) is 56.9 Å². The van der Waals surface area contributed by atoms with E-state index in [0.29, 0.717) is 17.4 Å². The van der Waals surface area contributed by atoms with Crippen LogP contribution in [0.4, 0.5) is 8.78 Å². The molecule has 0 saturated heterocycles. The molecular weight excluding hydrogens is 552 g/mol. The normalized spacial score (nSPS) is 20.3. The highest BCUT2D eigenvalue weighted by Gasteiger charge is 2.36. The first kappa shape index (κ1) is 28.3. The summed E-state index contributed by atoms with van der Waals surface area (Å²) in [5, 5.41) is 12.7. The summed E-state index contributed by atoms with van der Waals surface area (Å²) in [5.74, 6) is -0.252. The molecule has 2 aromatic carbocycles. The number of nitriles is 1. The first-order valence-electron chi connectivity index (χ1n) is 13.3. The predicted molar refractivity (Wildman–Crippen MR) is 155 cm³/mol. The van der Waals surface area contributed by atoms with Crippen LogP contribution in [0.5, 0.6) is 5.75 Å². The molecule has 9 heteroatoms. The SMILES string of the molecule is CN[C@H]1CC[C@H](N(Cc2cc(-c3cccc(C#N)c3)ccc2OC)C(=O)c2sc3c(c2Cl)C(F)CC=C3F)CC1. The number of carbonyl (C=O) groups excluding carboxylic acids is 1. The number of halogens is 3. The Morgan fingerprint density at radius 1 is 1.20 bits per heavy atom. The first-order valence-corrected chi connectivity index (χ1v) is 14.5. The third-order valence-corrected chi connectivity index (χ3v) is 9.57. The van der Waals surface area contributed by atoms with Crippen LogP contribution in [0.3, 0.4) is 0 Å². The van der Waals surface area contributed by atoms with Gasteiger partial charge in [0.2, 0.25) is 0 Å². The molecule has 1 saturated carbocycles. The molecule has 0 spiro atoms. The van der Waals surface area contributed by atoms with Crippen molar-refractivity contribution < 1.29 is 18.3 Å². The van der Waals surface area contributed by atoms with Crippen molar-refractivity contribution in [1.82, 2.24) is 10.2 Å². The van der Waals surface area contributed by atoms with Crippen LogP contribution in [0.15, 0.2) is 48.5 Å². The largest absolute Gasteiger partial charge is 0.496 e. The molecule has 1 amide bonds. The Bertz CT molecular complexity index is 1490. The van der Waals surface area contributed by atoms with Crippen molar-refractivity contribution in [1.29, 1.82) is 5.26 Å². The number of methoxy groups -OCH3 is 1. The average molecular weight is 582 g/mol. The molecule has 1 atom stereocenters. The molecule has 2 aliphatic rings. The summed E-state index contributed by atoms with van der Waals surface area (Å²) in [5.41, 5.74) is 3.18. The summed E-state index contributed by atoms with van der Waals surface area (Å²) < 4.78 is 35.1. The lowest BCUT2D eigenvalue weighted by Crippen LogP contribution is -2.44. The van der Waals surface area contributed by atoms with E-state index in [1.807, 2.05) is 43.4 Å². The van der Waals surface area contributed by atoms with Gasteiger partial charge in [-0.3, -0.25) is 4.79 Å².